The van der Waals surface area contributed by atoms with Crippen LogP contribution >= 0.6 is 15.9 Å². The molecular formula is C51H76BrN3O8S2. The number of carbonyl (C=O) groups is 2. The maximum absolute atomic E-state index is 14.0. The number of esters is 2. The average molecular weight is 1000 g/mol. The Balaban J connectivity index is 0.000000244. The molecular weight excluding hydrogens is 927 g/mol. The number of nitrogens with zero attached hydrogens (tertiary/aromatic N) is 1. The molecule has 4 aliphatic carbocycles. The lowest BCUT2D eigenvalue weighted by molar-refractivity contribution is -0.164. The molecule has 4 aliphatic rings. The molecule has 6 rings (SSSR count). The smallest absolute Gasteiger partial charge is 0.332 e. The fraction of sp³-hybridized carbons (Fsp3) is 0.706. The van der Waals surface area contributed by atoms with Gasteiger partial charge in [0.15, 0.2) is 11.1 Å². The zero-order valence-electron chi connectivity index (χ0n) is 41.4. The molecule has 2 spiro atoms. The van der Waals surface area contributed by atoms with Gasteiger partial charge in [-0.25, -0.2) is 27.5 Å². The van der Waals surface area contributed by atoms with E-state index in [2.05, 4.69) is 65.2 Å². The molecule has 12 atom stereocenters. The van der Waals surface area contributed by atoms with E-state index in [-0.39, 0.29) is 49.1 Å². The Morgan fingerprint density at radius 3 is 1.46 bits per heavy atom. The Bertz CT molecular complexity index is 2150. The number of hydrogen-bond donors (Lipinski definition) is 2. The quantitative estimate of drug-likeness (QED) is 0.198. The highest BCUT2D eigenvalue weighted by molar-refractivity contribution is 9.10. The zero-order chi connectivity index (χ0) is 48.5. The lowest BCUT2D eigenvalue weighted by Gasteiger charge is -2.53. The molecule has 0 bridgehead atoms. The van der Waals surface area contributed by atoms with Crippen LogP contribution in [0.15, 0.2) is 40.9 Å². The summed E-state index contributed by atoms with van der Waals surface area (Å²) >= 11 is 3.61. The van der Waals surface area contributed by atoms with Crippen molar-refractivity contribution in [2.75, 3.05) is 27.4 Å². The first-order chi connectivity index (χ1) is 30.4. The summed E-state index contributed by atoms with van der Waals surface area (Å²) in [6, 6.07) is 13.9. The highest BCUT2D eigenvalue weighted by Gasteiger charge is 2.68. The van der Waals surface area contributed by atoms with Crippen LogP contribution < -0.4 is 9.44 Å². The fourth-order valence-corrected chi connectivity index (χ4v) is 14.5. The molecule has 2 aromatic carbocycles. The standard InChI is InChI=1S/C26H38N2O4S.C25H38BrNO4S/c1-8-19-14-25(13-17(3)22(19)31-7)15-20-11-10-18(16-27)12-21(20)26(25,23(29)32-9-2)28-33(30)24(4,5)6;1-8-17-14-24(13-16(3)21(17)30-7)15-18-10-11-19(26)12-20(18)25(24,22(28)31-9-2)27-32(29)23(4,5)6/h10-12,17,19,22,28H,8-9,13-15H2,1-7H3;10-12,16-17,21,27H,8-9,13-15H2,1-7H3/t17-,19+,22+,25+,26+,33-;16-,17+,21+,24+,25+,32-/m00/s1. The van der Waals surface area contributed by atoms with Gasteiger partial charge in [-0.05, 0) is 164 Å². The van der Waals surface area contributed by atoms with E-state index in [1.807, 2.05) is 66.7 Å². The second-order valence-electron chi connectivity index (χ2n) is 21.1. The number of hydrogen-bond acceptors (Lipinski definition) is 9. The number of nitrogens with one attached hydrogen (secondary N) is 2. The third-order valence-electron chi connectivity index (χ3n) is 14.9. The number of nitriles is 1. The summed E-state index contributed by atoms with van der Waals surface area (Å²) in [6.45, 7) is 24.3. The van der Waals surface area contributed by atoms with E-state index >= 15 is 0 Å². The Morgan fingerprint density at radius 2 is 1.11 bits per heavy atom. The van der Waals surface area contributed by atoms with Gasteiger partial charge in [0.05, 0.1) is 68.5 Å². The van der Waals surface area contributed by atoms with E-state index in [0.29, 0.717) is 17.9 Å². The van der Waals surface area contributed by atoms with Gasteiger partial charge in [0.1, 0.15) is 0 Å². The zero-order valence-corrected chi connectivity index (χ0v) is 44.6. The number of ether oxygens (including phenoxy) is 4. The molecule has 0 aromatic heterocycles. The topological polar surface area (TPSA) is 153 Å². The third kappa shape index (κ3) is 9.74. The second-order valence-corrected chi connectivity index (χ2v) is 26.0. The van der Waals surface area contributed by atoms with Crippen LogP contribution in [0.1, 0.15) is 149 Å². The van der Waals surface area contributed by atoms with Crippen LogP contribution in [0.3, 0.4) is 0 Å². The number of carbonyl (C=O) groups excluding carboxylic acids is 2. The minimum Gasteiger partial charge on any atom is -0.464 e. The fourth-order valence-electron chi connectivity index (χ4n) is 12.2. The van der Waals surface area contributed by atoms with Gasteiger partial charge in [-0.1, -0.05) is 68.6 Å². The van der Waals surface area contributed by atoms with Crippen LogP contribution in [-0.4, -0.2) is 69.5 Å². The highest BCUT2D eigenvalue weighted by Crippen LogP contribution is 2.63. The van der Waals surface area contributed by atoms with E-state index in [1.54, 1.807) is 33.3 Å². The van der Waals surface area contributed by atoms with Gasteiger partial charge in [-0.2, -0.15) is 5.26 Å². The molecule has 0 amide bonds. The summed E-state index contributed by atoms with van der Waals surface area (Å²) in [6.07, 6.45) is 6.63. The number of fused-ring (bicyclic) bond motifs is 2. The van der Waals surface area contributed by atoms with Crippen molar-refractivity contribution in [3.05, 3.63) is 68.7 Å². The van der Waals surface area contributed by atoms with Gasteiger partial charge in [-0.3, -0.25) is 0 Å². The minimum absolute atomic E-state index is 0.104. The van der Waals surface area contributed by atoms with Crippen LogP contribution in [0.5, 0.6) is 0 Å². The summed E-state index contributed by atoms with van der Waals surface area (Å²) < 4.78 is 56.9. The van der Waals surface area contributed by atoms with Gasteiger partial charge in [0.2, 0.25) is 0 Å². The van der Waals surface area contributed by atoms with Crippen LogP contribution in [0, 0.1) is 45.8 Å². The molecule has 2 N–H and O–H groups in total. The predicted molar refractivity (Wildman–Crippen MR) is 262 cm³/mol. The largest absolute Gasteiger partial charge is 0.464 e. The highest BCUT2D eigenvalue weighted by atomic mass is 79.9. The van der Waals surface area contributed by atoms with Gasteiger partial charge >= 0.3 is 11.9 Å². The lowest BCUT2D eigenvalue weighted by Crippen LogP contribution is -2.64. The lowest BCUT2D eigenvalue weighted by atomic mass is 9.56. The number of rotatable bonds is 12. The van der Waals surface area contributed by atoms with Gasteiger partial charge < -0.3 is 18.9 Å². The van der Waals surface area contributed by atoms with Crippen molar-refractivity contribution in [1.29, 1.82) is 5.26 Å². The van der Waals surface area contributed by atoms with Gasteiger partial charge in [0.25, 0.3) is 0 Å². The molecule has 362 valence electrons. The van der Waals surface area contributed by atoms with Gasteiger partial charge in [-0.15, -0.1) is 0 Å². The molecule has 0 aliphatic heterocycles. The summed E-state index contributed by atoms with van der Waals surface area (Å²) in [5.41, 5.74) is 0.773. The molecule has 0 radical (unpaired) electrons. The van der Waals surface area contributed by atoms with E-state index in [9.17, 15) is 23.3 Å². The molecule has 0 unspecified atom stereocenters. The van der Waals surface area contributed by atoms with Crippen molar-refractivity contribution in [3.8, 4) is 6.07 Å². The maximum atomic E-state index is 14.0. The normalized spacial score (nSPS) is 32.7. The molecule has 14 heteroatoms. The van der Waals surface area contributed by atoms with E-state index in [1.165, 1.54) is 0 Å². The van der Waals surface area contributed by atoms with Crippen LogP contribution in [-0.2, 0) is 74.4 Å². The van der Waals surface area contributed by atoms with E-state index < -0.39 is 59.3 Å². The maximum Gasteiger partial charge on any atom is 0.332 e. The van der Waals surface area contributed by atoms with Crippen LogP contribution in [0.25, 0.3) is 0 Å². The van der Waals surface area contributed by atoms with Crippen molar-refractivity contribution >= 4 is 49.8 Å². The Hall–Kier alpha value is -2.51. The molecule has 0 saturated heterocycles. The Labute approximate surface area is 403 Å². The van der Waals surface area contributed by atoms with Crippen molar-refractivity contribution < 1.29 is 37.0 Å². The van der Waals surface area contributed by atoms with Crippen molar-refractivity contribution in [1.82, 2.24) is 9.44 Å². The Morgan fingerprint density at radius 1 is 0.708 bits per heavy atom. The monoisotopic (exact) mass is 1000 g/mol. The molecule has 0 heterocycles. The van der Waals surface area contributed by atoms with Gasteiger partial charge in [0, 0.05) is 29.5 Å². The predicted octanol–water partition coefficient (Wildman–Crippen LogP) is 9.65. The van der Waals surface area contributed by atoms with E-state index in [4.69, 9.17) is 18.9 Å². The second kappa shape index (κ2) is 20.6. The number of benzene rings is 2. The minimum atomic E-state index is -1.53. The Kier molecular flexibility index (Phi) is 16.9. The summed E-state index contributed by atoms with van der Waals surface area (Å²) in [5, 5.41) is 9.62. The molecule has 2 fully saturated rings. The summed E-state index contributed by atoms with van der Waals surface area (Å²) in [7, 11) is 0.547. The first-order valence-corrected chi connectivity index (χ1v) is 26.7. The SMILES string of the molecule is CCOC(=O)[C@]1(N[S@@](=O)C(C)(C)C)c2cc(Br)ccc2C[C@@]12C[C@@H](CC)[C@H](OC)[C@@H](C)C2.CCOC(=O)[C@]1(N[S@@](=O)C(C)(C)C)c2cc(C#N)ccc2C[C@@]12C[C@@H](CC)[C@H](OC)[C@@H](C)C2. The molecule has 65 heavy (non-hydrogen) atoms. The number of methoxy groups -OCH3 is 2. The first-order valence-electron chi connectivity index (χ1n) is 23.6. The average Bonchev–Trinajstić information content (AvgIpc) is 3.64. The first kappa shape index (κ1) is 53.4. The van der Waals surface area contributed by atoms with E-state index in [0.717, 1.165) is 71.7 Å². The summed E-state index contributed by atoms with van der Waals surface area (Å²) in [4.78, 5) is 27.9. The summed E-state index contributed by atoms with van der Waals surface area (Å²) in [5.74, 6) is 0.288. The van der Waals surface area contributed by atoms with Crippen molar-refractivity contribution in [2.45, 2.75) is 167 Å². The third-order valence-corrected chi connectivity index (χ3v) is 18.6. The van der Waals surface area contributed by atoms with Crippen molar-refractivity contribution in [2.24, 2.45) is 34.5 Å². The van der Waals surface area contributed by atoms with Crippen molar-refractivity contribution in [3.63, 3.8) is 0 Å². The molecule has 2 aromatic rings. The van der Waals surface area contributed by atoms with Crippen LogP contribution in [0.2, 0.25) is 0 Å². The van der Waals surface area contributed by atoms with Crippen LogP contribution in [0.4, 0.5) is 0 Å². The molecule has 11 nitrogen and oxygen atoms in total. The number of halogens is 1. The molecule has 2 saturated carbocycles.